The Morgan fingerprint density at radius 2 is 0.864 bits per heavy atom. The fraction of sp³-hybridized carbons (Fsp3) is 1.00. The number of unbranched alkanes of at least 4 members (excludes halogenated alkanes) is 11. The van der Waals surface area contributed by atoms with Crippen molar-refractivity contribution < 1.29 is 4.48 Å². The van der Waals surface area contributed by atoms with E-state index in [1.807, 2.05) is 0 Å². The van der Waals surface area contributed by atoms with E-state index >= 15 is 0 Å². The first-order valence-corrected chi connectivity index (χ1v) is 12.9. The second kappa shape index (κ2) is 18.6. The highest BCUT2D eigenvalue weighted by Gasteiger charge is 2.04. The monoisotopic (exact) mass is 392 g/mol. The normalized spacial score (nSPS) is 11.5. The number of hydrogen-bond acceptors (Lipinski definition) is 0. The predicted octanol–water partition coefficient (Wildman–Crippen LogP) is 8.32. The highest BCUT2D eigenvalue weighted by molar-refractivity contribution is 8.20. The minimum absolute atomic E-state index is 1.12. The molecule has 0 N–H and O–H groups in total. The van der Waals surface area contributed by atoms with Crippen molar-refractivity contribution in [2.75, 3.05) is 27.7 Å². The van der Waals surface area contributed by atoms with Gasteiger partial charge in [0.25, 0.3) is 0 Å². The molecule has 0 saturated heterocycles. The van der Waals surface area contributed by atoms with Crippen molar-refractivity contribution in [1.29, 1.82) is 0 Å². The lowest BCUT2D eigenvalue weighted by Crippen LogP contribution is -2.35. The molecule has 0 amide bonds. The Hall–Kier alpha value is 1.26. The van der Waals surface area contributed by atoms with Gasteiger partial charge in [-0.05, 0) is 12.8 Å². The molecule has 0 aromatic heterocycles. The SMILES string of the molecule is CCCCCCCCCCCCCC[N+](C)(C)C.ClP(Cl)Cl. The summed E-state index contributed by atoms with van der Waals surface area (Å²) in [6.45, 7) is 3.62. The van der Waals surface area contributed by atoms with Crippen LogP contribution < -0.4 is 0 Å². The van der Waals surface area contributed by atoms with Gasteiger partial charge in [-0.25, -0.2) is 0 Å². The van der Waals surface area contributed by atoms with Gasteiger partial charge in [-0.2, -0.15) is 0 Å². The van der Waals surface area contributed by atoms with E-state index in [0.717, 1.165) is 4.48 Å². The van der Waals surface area contributed by atoms with Crippen molar-refractivity contribution in [2.45, 2.75) is 84.0 Å². The smallest absolute Gasteiger partial charge is 0.179 e. The zero-order valence-electron chi connectivity index (χ0n) is 15.2. The Morgan fingerprint density at radius 1 is 0.591 bits per heavy atom. The third kappa shape index (κ3) is 33.0. The maximum Gasteiger partial charge on any atom is 0.179 e. The van der Waals surface area contributed by atoms with Gasteiger partial charge >= 0.3 is 0 Å². The summed E-state index contributed by atoms with van der Waals surface area (Å²) in [7, 11) is 6.87. The molecule has 0 aliphatic carbocycles. The second-order valence-corrected chi connectivity index (χ2v) is 12.1. The second-order valence-electron chi connectivity index (χ2n) is 7.09. The molecule has 0 unspecified atom stereocenters. The minimum Gasteiger partial charge on any atom is -0.331 e. The first-order valence-electron chi connectivity index (χ1n) is 8.87. The van der Waals surface area contributed by atoms with Crippen LogP contribution >= 0.6 is 39.7 Å². The lowest BCUT2D eigenvalue weighted by atomic mass is 10.1. The zero-order valence-corrected chi connectivity index (χ0v) is 18.4. The third-order valence-corrected chi connectivity index (χ3v) is 3.68. The Morgan fingerprint density at radius 3 is 1.14 bits per heavy atom. The highest BCUT2D eigenvalue weighted by Crippen LogP contribution is 2.51. The van der Waals surface area contributed by atoms with Gasteiger partial charge in [0.1, 0.15) is 0 Å². The van der Waals surface area contributed by atoms with E-state index < -0.39 is 5.98 Å². The molecule has 0 spiro atoms. The van der Waals surface area contributed by atoms with E-state index in [-0.39, 0.29) is 0 Å². The molecule has 136 valence electrons. The molecular weight excluding hydrogens is 356 g/mol. The van der Waals surface area contributed by atoms with Crippen molar-refractivity contribution in [2.24, 2.45) is 0 Å². The molecular formula is C17H38Cl3NP+. The Labute approximate surface area is 155 Å². The zero-order chi connectivity index (χ0) is 17.3. The van der Waals surface area contributed by atoms with Crippen molar-refractivity contribution in [1.82, 2.24) is 0 Å². The van der Waals surface area contributed by atoms with Crippen molar-refractivity contribution in [3.05, 3.63) is 0 Å². The van der Waals surface area contributed by atoms with E-state index in [4.69, 9.17) is 33.7 Å². The molecule has 0 bridgehead atoms. The number of hydrogen-bond donors (Lipinski definition) is 0. The number of nitrogens with zero attached hydrogens (tertiary/aromatic N) is 1. The molecule has 5 heteroatoms. The summed E-state index contributed by atoms with van der Waals surface area (Å²) in [5, 5.41) is 0. The summed E-state index contributed by atoms with van der Waals surface area (Å²) in [6, 6.07) is 0. The van der Waals surface area contributed by atoms with Crippen LogP contribution in [0.5, 0.6) is 0 Å². The molecule has 0 fully saturated rings. The van der Waals surface area contributed by atoms with E-state index in [1.165, 1.54) is 83.6 Å². The lowest BCUT2D eigenvalue weighted by Gasteiger charge is -2.23. The molecule has 1 nitrogen and oxygen atoms in total. The van der Waals surface area contributed by atoms with Gasteiger partial charge in [-0.3, -0.25) is 0 Å². The number of halogens is 3. The standard InChI is InChI=1S/C17H38N.Cl3P/c1-5-6-7-8-9-10-11-12-13-14-15-16-17-18(2,3)4;1-4(2)3/h5-17H2,1-4H3;/q+1;. The molecule has 0 atom stereocenters. The first kappa shape index (κ1) is 25.5. The molecule has 0 saturated carbocycles. The van der Waals surface area contributed by atoms with Crippen LogP contribution in [0.3, 0.4) is 0 Å². The fourth-order valence-corrected chi connectivity index (χ4v) is 2.43. The summed E-state index contributed by atoms with van der Waals surface area (Å²) in [4.78, 5) is 0. The summed E-state index contributed by atoms with van der Waals surface area (Å²) in [6.07, 6.45) is 17.4. The fourth-order valence-electron chi connectivity index (χ4n) is 2.43. The topological polar surface area (TPSA) is 0 Å². The average Bonchev–Trinajstić information content (AvgIpc) is 2.38. The summed E-state index contributed by atoms with van der Waals surface area (Å²) in [5.74, 6) is -1.20. The largest absolute Gasteiger partial charge is 0.331 e. The van der Waals surface area contributed by atoms with Crippen LogP contribution in [0.4, 0.5) is 0 Å². The molecule has 0 radical (unpaired) electrons. The lowest BCUT2D eigenvalue weighted by molar-refractivity contribution is -0.870. The third-order valence-electron chi connectivity index (χ3n) is 3.68. The summed E-state index contributed by atoms with van der Waals surface area (Å²) in [5.41, 5.74) is 0. The van der Waals surface area contributed by atoms with Crippen LogP contribution in [0.1, 0.15) is 84.0 Å². The molecule has 0 aromatic carbocycles. The molecule has 0 aliphatic heterocycles. The van der Waals surface area contributed by atoms with Crippen molar-refractivity contribution in [3.63, 3.8) is 0 Å². The number of rotatable bonds is 13. The van der Waals surface area contributed by atoms with E-state index in [1.54, 1.807) is 0 Å². The van der Waals surface area contributed by atoms with Gasteiger partial charge in [0.15, 0.2) is 5.98 Å². The van der Waals surface area contributed by atoms with E-state index in [9.17, 15) is 0 Å². The maximum absolute atomic E-state index is 4.87. The average molecular weight is 394 g/mol. The molecule has 0 heterocycles. The van der Waals surface area contributed by atoms with Gasteiger partial charge in [-0.15, -0.1) is 0 Å². The molecule has 0 aromatic rings. The van der Waals surface area contributed by atoms with Crippen LogP contribution in [0, 0.1) is 0 Å². The van der Waals surface area contributed by atoms with Crippen LogP contribution in [0.25, 0.3) is 0 Å². The highest BCUT2D eigenvalue weighted by atomic mass is 36.0. The van der Waals surface area contributed by atoms with Crippen molar-refractivity contribution in [3.8, 4) is 0 Å². The van der Waals surface area contributed by atoms with Crippen LogP contribution in [-0.2, 0) is 0 Å². The van der Waals surface area contributed by atoms with Gasteiger partial charge in [-0.1, -0.05) is 105 Å². The molecule has 0 aliphatic rings. The van der Waals surface area contributed by atoms with Crippen LogP contribution in [0.2, 0.25) is 0 Å². The van der Waals surface area contributed by atoms with E-state index in [2.05, 4.69) is 28.1 Å². The Bertz CT molecular complexity index is 206. The maximum atomic E-state index is 4.87. The quantitative estimate of drug-likeness (QED) is 0.167. The molecule has 22 heavy (non-hydrogen) atoms. The Balaban J connectivity index is 0. The summed E-state index contributed by atoms with van der Waals surface area (Å²) >= 11 is 14.6. The van der Waals surface area contributed by atoms with E-state index in [0.29, 0.717) is 0 Å². The predicted molar refractivity (Wildman–Crippen MR) is 108 cm³/mol. The van der Waals surface area contributed by atoms with Gasteiger partial charge in [0.05, 0.1) is 27.7 Å². The van der Waals surface area contributed by atoms with Crippen LogP contribution in [0.15, 0.2) is 0 Å². The number of quaternary nitrogens is 1. The van der Waals surface area contributed by atoms with Crippen molar-refractivity contribution >= 4 is 39.7 Å². The van der Waals surface area contributed by atoms with Gasteiger partial charge < -0.3 is 4.48 Å². The minimum atomic E-state index is -1.20. The van der Waals surface area contributed by atoms with Crippen LogP contribution in [-0.4, -0.2) is 32.2 Å². The molecule has 0 rings (SSSR count). The first-order chi connectivity index (χ1) is 10.3. The van der Waals surface area contributed by atoms with Gasteiger partial charge in [0.2, 0.25) is 0 Å². The Kier molecular flexibility index (Phi) is 21.6. The summed E-state index contributed by atoms with van der Waals surface area (Å²) < 4.78 is 1.12. The van der Waals surface area contributed by atoms with Gasteiger partial charge in [0, 0.05) is 0 Å².